The molecule has 0 bridgehead atoms. The van der Waals surface area contributed by atoms with Crippen LogP contribution < -0.4 is 10.6 Å². The van der Waals surface area contributed by atoms with E-state index < -0.39 is 6.04 Å². The standard InChI is InChI=1S/C35H46N8O2/c1-25(40-17-13-30(14-18-40)43-24-27-7-3-4-8-31(27)38-35(43)45)37-33(22-26-9-10-32-28(21-26)23-36-39-32)34(44)42-19-11-29(12-20-42)41-15-5-2-6-16-41/h3-4,7-10,21,23,29-30,33,37H,1-2,5-6,11-20,22,24H2,(H,36,39)(H,38,45)/t33-/m1/s1. The van der Waals surface area contributed by atoms with E-state index in [9.17, 15) is 9.59 Å². The molecule has 2 aromatic carbocycles. The lowest BCUT2D eigenvalue weighted by molar-refractivity contribution is -0.135. The molecular formula is C35H46N8O2. The predicted molar refractivity (Wildman–Crippen MR) is 176 cm³/mol. The van der Waals surface area contributed by atoms with Crippen molar-refractivity contribution >= 4 is 28.5 Å². The van der Waals surface area contributed by atoms with Crippen molar-refractivity contribution in [2.75, 3.05) is 44.6 Å². The number of amides is 3. The monoisotopic (exact) mass is 610 g/mol. The number of likely N-dealkylation sites (tertiary alicyclic amines) is 3. The van der Waals surface area contributed by atoms with Crippen molar-refractivity contribution in [3.63, 3.8) is 0 Å². The minimum atomic E-state index is -0.407. The van der Waals surface area contributed by atoms with Crippen LogP contribution in [0.15, 0.2) is 61.1 Å². The maximum atomic E-state index is 14.1. The van der Waals surface area contributed by atoms with Crippen LogP contribution in [0, 0.1) is 0 Å². The van der Waals surface area contributed by atoms with E-state index in [-0.39, 0.29) is 18.0 Å². The summed E-state index contributed by atoms with van der Waals surface area (Å²) in [5.74, 6) is 0.937. The van der Waals surface area contributed by atoms with E-state index in [1.807, 2.05) is 35.4 Å². The topological polar surface area (TPSA) is 99.8 Å². The van der Waals surface area contributed by atoms with E-state index >= 15 is 0 Å². The molecule has 3 fully saturated rings. The zero-order valence-corrected chi connectivity index (χ0v) is 26.2. The van der Waals surface area contributed by atoms with Crippen LogP contribution in [-0.2, 0) is 17.8 Å². The Morgan fingerprint density at radius 2 is 1.67 bits per heavy atom. The third kappa shape index (κ3) is 6.52. The second-order valence-electron chi connectivity index (χ2n) is 13.2. The first-order chi connectivity index (χ1) is 22.0. The lowest BCUT2D eigenvalue weighted by Crippen LogP contribution is -2.55. The molecule has 7 rings (SSSR count). The van der Waals surface area contributed by atoms with Crippen LogP contribution in [0.3, 0.4) is 0 Å². The number of piperidine rings is 3. The fourth-order valence-corrected chi connectivity index (χ4v) is 7.77. The molecule has 3 N–H and O–H groups in total. The number of hydrogen-bond acceptors (Lipinski definition) is 6. The number of anilines is 1. The zero-order valence-electron chi connectivity index (χ0n) is 26.2. The van der Waals surface area contributed by atoms with Crippen LogP contribution in [0.25, 0.3) is 10.9 Å². The first kappa shape index (κ1) is 29.6. The summed E-state index contributed by atoms with van der Waals surface area (Å²) in [6.45, 7) is 10.6. The number of nitrogens with one attached hydrogen (secondary N) is 3. The average molecular weight is 611 g/mol. The molecule has 45 heavy (non-hydrogen) atoms. The molecular weight excluding hydrogens is 564 g/mol. The molecule has 0 saturated carbocycles. The van der Waals surface area contributed by atoms with E-state index in [0.717, 1.165) is 85.4 Å². The van der Waals surface area contributed by atoms with Gasteiger partial charge in [0, 0.05) is 62.3 Å². The van der Waals surface area contributed by atoms with Gasteiger partial charge in [0.05, 0.1) is 17.5 Å². The van der Waals surface area contributed by atoms with Crippen molar-refractivity contribution in [1.82, 2.24) is 35.1 Å². The number of aromatic amines is 1. The molecule has 1 atom stereocenters. The van der Waals surface area contributed by atoms with Gasteiger partial charge in [-0.15, -0.1) is 0 Å². The summed E-state index contributed by atoms with van der Waals surface area (Å²) in [6.07, 6.45) is 10.1. The van der Waals surface area contributed by atoms with Gasteiger partial charge in [-0.2, -0.15) is 5.10 Å². The van der Waals surface area contributed by atoms with E-state index in [0.29, 0.717) is 19.0 Å². The number of nitrogens with zero attached hydrogens (tertiary/aromatic N) is 5. The number of rotatable bonds is 8. The second kappa shape index (κ2) is 13.1. The third-order valence-corrected chi connectivity index (χ3v) is 10.4. The Balaban J connectivity index is 0.994. The predicted octanol–water partition coefficient (Wildman–Crippen LogP) is 4.52. The highest BCUT2D eigenvalue weighted by Crippen LogP contribution is 2.28. The van der Waals surface area contributed by atoms with E-state index in [1.165, 1.54) is 32.4 Å². The lowest BCUT2D eigenvalue weighted by Gasteiger charge is -2.43. The maximum Gasteiger partial charge on any atom is 0.322 e. The zero-order chi connectivity index (χ0) is 30.8. The highest BCUT2D eigenvalue weighted by Gasteiger charge is 2.34. The number of H-pyrrole nitrogens is 1. The SMILES string of the molecule is C=C(N[C@H](Cc1ccc2[nH]ncc2c1)C(=O)N1CCC(N2CCCCC2)CC1)N1CCC(N2Cc3ccccc3NC2=O)CC1. The first-order valence-corrected chi connectivity index (χ1v) is 16.8. The van der Waals surface area contributed by atoms with Gasteiger partial charge < -0.3 is 30.2 Å². The average Bonchev–Trinajstić information content (AvgIpc) is 3.56. The van der Waals surface area contributed by atoms with Gasteiger partial charge in [0.15, 0.2) is 0 Å². The van der Waals surface area contributed by atoms with Gasteiger partial charge in [0.2, 0.25) is 5.91 Å². The molecule has 1 aromatic heterocycles. The summed E-state index contributed by atoms with van der Waals surface area (Å²) < 4.78 is 0. The number of aromatic nitrogens is 2. The van der Waals surface area contributed by atoms with Crippen molar-refractivity contribution in [2.24, 2.45) is 0 Å². The summed E-state index contributed by atoms with van der Waals surface area (Å²) in [7, 11) is 0. The van der Waals surface area contributed by atoms with Gasteiger partial charge in [-0.1, -0.05) is 37.3 Å². The normalized spacial score (nSPS) is 21.0. The molecule has 4 aliphatic heterocycles. The molecule has 5 heterocycles. The maximum absolute atomic E-state index is 14.1. The van der Waals surface area contributed by atoms with Crippen molar-refractivity contribution in [3.8, 4) is 0 Å². The third-order valence-electron chi connectivity index (χ3n) is 10.4. The number of carbonyl (C=O) groups excluding carboxylic acids is 2. The van der Waals surface area contributed by atoms with Gasteiger partial charge >= 0.3 is 6.03 Å². The molecule has 3 amide bonds. The largest absolute Gasteiger partial charge is 0.360 e. The fraction of sp³-hybridized carbons (Fsp3) is 0.514. The number of hydrogen-bond donors (Lipinski definition) is 3. The van der Waals surface area contributed by atoms with E-state index in [2.05, 4.69) is 60.3 Å². The number of urea groups is 1. The van der Waals surface area contributed by atoms with E-state index in [4.69, 9.17) is 0 Å². The molecule has 0 unspecified atom stereocenters. The Kier molecular flexibility index (Phi) is 8.65. The number of fused-ring (bicyclic) bond motifs is 2. The van der Waals surface area contributed by atoms with Gasteiger partial charge in [-0.05, 0) is 80.9 Å². The van der Waals surface area contributed by atoms with Crippen LogP contribution in [0.5, 0.6) is 0 Å². The van der Waals surface area contributed by atoms with Gasteiger partial charge in [-0.3, -0.25) is 9.89 Å². The number of carbonyl (C=O) groups is 2. The van der Waals surface area contributed by atoms with Gasteiger partial charge in [0.1, 0.15) is 6.04 Å². The molecule has 0 aliphatic carbocycles. The molecule has 4 aliphatic rings. The van der Waals surface area contributed by atoms with Crippen LogP contribution in [0.4, 0.5) is 10.5 Å². The Morgan fingerprint density at radius 3 is 2.47 bits per heavy atom. The van der Waals surface area contributed by atoms with Gasteiger partial charge in [0.25, 0.3) is 0 Å². The van der Waals surface area contributed by atoms with Crippen molar-refractivity contribution in [1.29, 1.82) is 0 Å². The molecule has 10 heteroatoms. The first-order valence-electron chi connectivity index (χ1n) is 16.8. The fourth-order valence-electron chi connectivity index (χ4n) is 7.77. The summed E-state index contributed by atoms with van der Waals surface area (Å²) in [5.41, 5.74) is 4.15. The minimum Gasteiger partial charge on any atom is -0.360 e. The van der Waals surface area contributed by atoms with Crippen LogP contribution >= 0.6 is 0 Å². The second-order valence-corrected chi connectivity index (χ2v) is 13.2. The highest BCUT2D eigenvalue weighted by molar-refractivity contribution is 5.92. The minimum absolute atomic E-state index is 0.0200. The molecule has 0 spiro atoms. The van der Waals surface area contributed by atoms with Crippen LogP contribution in [-0.4, -0.2) is 99.1 Å². The summed E-state index contributed by atoms with van der Waals surface area (Å²) in [4.78, 5) is 36.0. The van der Waals surface area contributed by atoms with Crippen molar-refractivity contribution < 1.29 is 9.59 Å². The lowest BCUT2D eigenvalue weighted by atomic mass is 9.98. The smallest absolute Gasteiger partial charge is 0.322 e. The Morgan fingerprint density at radius 1 is 0.933 bits per heavy atom. The summed E-state index contributed by atoms with van der Waals surface area (Å²) in [5, 5.41) is 14.9. The Labute approximate surface area is 265 Å². The van der Waals surface area contributed by atoms with Crippen molar-refractivity contribution in [3.05, 3.63) is 72.2 Å². The van der Waals surface area contributed by atoms with Crippen LogP contribution in [0.2, 0.25) is 0 Å². The summed E-state index contributed by atoms with van der Waals surface area (Å²) >= 11 is 0. The molecule has 10 nitrogen and oxygen atoms in total. The highest BCUT2D eigenvalue weighted by atomic mass is 16.2. The van der Waals surface area contributed by atoms with E-state index in [1.54, 1.807) is 0 Å². The van der Waals surface area contributed by atoms with Crippen molar-refractivity contribution in [2.45, 2.75) is 76.0 Å². The Bertz CT molecular complexity index is 1510. The molecule has 0 radical (unpaired) electrons. The Hall–Kier alpha value is -4.05. The number of benzene rings is 2. The summed E-state index contributed by atoms with van der Waals surface area (Å²) in [6, 6.07) is 14.6. The molecule has 3 aromatic rings. The quantitative estimate of drug-likeness (QED) is 0.347. The number of para-hydroxylation sites is 1. The van der Waals surface area contributed by atoms with Gasteiger partial charge in [-0.25, -0.2) is 4.79 Å². The van der Waals surface area contributed by atoms with Crippen LogP contribution in [0.1, 0.15) is 56.1 Å². The molecule has 238 valence electrons. The molecule has 3 saturated heterocycles.